The van der Waals surface area contributed by atoms with E-state index in [1.54, 1.807) is 0 Å². The fourth-order valence-corrected chi connectivity index (χ4v) is 2.59. The normalized spacial score (nSPS) is 14.0. The van der Waals surface area contributed by atoms with Crippen molar-refractivity contribution in [2.75, 3.05) is 5.32 Å². The molecule has 2 rings (SSSR count). The minimum absolute atomic E-state index is 0.0388. The first-order chi connectivity index (χ1) is 16.5. The molecule has 206 valence electrons. The van der Waals surface area contributed by atoms with E-state index in [-0.39, 0.29) is 22.8 Å². The van der Waals surface area contributed by atoms with Crippen LogP contribution in [0.25, 0.3) is 0 Å². The van der Waals surface area contributed by atoms with Crippen molar-refractivity contribution in [1.82, 2.24) is 4.98 Å². The number of benzene rings is 1. The predicted octanol–water partition coefficient (Wildman–Crippen LogP) is 7.05. The average Bonchev–Trinajstić information content (AvgIpc) is 2.71. The summed E-state index contributed by atoms with van der Waals surface area (Å²) in [4.78, 5) is 15.7. The molecule has 0 unspecified atom stereocenters. The molecular formula is C18H8ClF13N2O3. The predicted molar refractivity (Wildman–Crippen MR) is 95.5 cm³/mol. The Balaban J connectivity index is 2.34. The molecule has 0 aliphatic rings. The number of amides is 1. The SMILES string of the molecule is O=C(Nc1cccc(C(F)(F)C(F)(F)OC(F)(F)C(F)(F)C(F)(F)OC(F)(F)F)c1)c1cccnc1Cl. The van der Waals surface area contributed by atoms with Crippen LogP contribution < -0.4 is 5.32 Å². The van der Waals surface area contributed by atoms with E-state index in [2.05, 4.69) is 4.98 Å². The van der Waals surface area contributed by atoms with Gasteiger partial charge in [-0.15, -0.1) is 13.2 Å². The molecule has 0 spiro atoms. The molecule has 0 bridgehead atoms. The van der Waals surface area contributed by atoms with Gasteiger partial charge in [0, 0.05) is 17.4 Å². The summed E-state index contributed by atoms with van der Waals surface area (Å²) in [6.07, 6.45) is -26.9. The van der Waals surface area contributed by atoms with Gasteiger partial charge < -0.3 is 5.32 Å². The number of ether oxygens (including phenoxy) is 2. The summed E-state index contributed by atoms with van der Waals surface area (Å²) < 4.78 is 175. The lowest BCUT2D eigenvalue weighted by Crippen LogP contribution is -2.61. The van der Waals surface area contributed by atoms with Crippen LogP contribution in [0.4, 0.5) is 62.8 Å². The molecule has 1 heterocycles. The number of hydrogen-bond donors (Lipinski definition) is 1. The van der Waals surface area contributed by atoms with Crippen molar-refractivity contribution in [1.29, 1.82) is 0 Å². The van der Waals surface area contributed by atoms with Crippen LogP contribution >= 0.6 is 11.6 Å². The van der Waals surface area contributed by atoms with Crippen molar-refractivity contribution in [3.8, 4) is 0 Å². The van der Waals surface area contributed by atoms with Gasteiger partial charge in [-0.2, -0.15) is 43.9 Å². The summed E-state index contributed by atoms with van der Waals surface area (Å²) in [6.45, 7) is 0. The van der Waals surface area contributed by atoms with E-state index < -0.39 is 53.7 Å². The quantitative estimate of drug-likeness (QED) is 0.254. The summed E-state index contributed by atoms with van der Waals surface area (Å²) in [7, 11) is 0. The highest BCUT2D eigenvalue weighted by atomic mass is 35.5. The van der Waals surface area contributed by atoms with Crippen LogP contribution in [0.2, 0.25) is 5.15 Å². The second kappa shape index (κ2) is 9.79. The van der Waals surface area contributed by atoms with Gasteiger partial charge in [-0.25, -0.2) is 14.5 Å². The first-order valence-corrected chi connectivity index (χ1v) is 9.30. The maximum absolute atomic E-state index is 14.3. The van der Waals surface area contributed by atoms with E-state index >= 15 is 0 Å². The second-order valence-electron chi connectivity index (χ2n) is 6.73. The Morgan fingerprint density at radius 2 is 1.35 bits per heavy atom. The molecule has 0 atom stereocenters. The topological polar surface area (TPSA) is 60.5 Å². The van der Waals surface area contributed by atoms with Crippen molar-refractivity contribution in [3.63, 3.8) is 0 Å². The standard InChI is InChI=1S/C18H8ClF13N2O3/c19-11-10(5-2-6-33-11)12(35)34-9-4-1-3-8(7-9)13(20,21)15(24,25)36-16(26,27)14(22,23)17(28,29)37-18(30,31)32/h1-7H,(H,34,35). The molecule has 0 saturated heterocycles. The number of carbonyl (C=O) groups excluding carboxylic acids is 1. The lowest BCUT2D eigenvalue weighted by atomic mass is 10.1. The number of carbonyl (C=O) groups is 1. The monoisotopic (exact) mass is 582 g/mol. The minimum atomic E-state index is -7.53. The van der Waals surface area contributed by atoms with Gasteiger partial charge in [-0.3, -0.25) is 4.79 Å². The van der Waals surface area contributed by atoms with Crippen LogP contribution in [-0.2, 0) is 15.4 Å². The first-order valence-electron chi connectivity index (χ1n) is 8.92. The fourth-order valence-electron chi connectivity index (χ4n) is 2.38. The van der Waals surface area contributed by atoms with Crippen LogP contribution in [0.5, 0.6) is 0 Å². The summed E-state index contributed by atoms with van der Waals surface area (Å²) in [6, 6.07) is 3.85. The van der Waals surface area contributed by atoms with Gasteiger partial charge in [0.15, 0.2) is 0 Å². The molecule has 0 aliphatic carbocycles. The molecule has 1 aromatic carbocycles. The third-order valence-electron chi connectivity index (χ3n) is 4.08. The maximum Gasteiger partial charge on any atom is 0.527 e. The van der Waals surface area contributed by atoms with E-state index in [9.17, 15) is 61.9 Å². The van der Waals surface area contributed by atoms with Crippen molar-refractivity contribution >= 4 is 23.2 Å². The molecule has 0 aliphatic heterocycles. The summed E-state index contributed by atoms with van der Waals surface area (Å²) in [5.41, 5.74) is -3.02. The van der Waals surface area contributed by atoms with Crippen LogP contribution in [0.1, 0.15) is 15.9 Å². The third kappa shape index (κ3) is 6.35. The van der Waals surface area contributed by atoms with Crippen LogP contribution in [-0.4, -0.2) is 41.5 Å². The Bertz CT molecular complexity index is 1140. The van der Waals surface area contributed by atoms with Crippen molar-refractivity contribution in [3.05, 3.63) is 58.9 Å². The molecule has 0 saturated carbocycles. The summed E-state index contributed by atoms with van der Waals surface area (Å²) in [5, 5.41) is 1.53. The zero-order valence-corrected chi connectivity index (χ0v) is 17.8. The van der Waals surface area contributed by atoms with E-state index in [1.807, 2.05) is 10.1 Å². The van der Waals surface area contributed by atoms with E-state index in [0.29, 0.717) is 6.07 Å². The number of rotatable bonds is 9. The Hall–Kier alpha value is -2.86. The Kier molecular flexibility index (Phi) is 8.03. The van der Waals surface area contributed by atoms with Gasteiger partial charge in [-0.05, 0) is 24.3 Å². The smallest absolute Gasteiger partial charge is 0.322 e. The van der Waals surface area contributed by atoms with Crippen molar-refractivity contribution in [2.45, 2.75) is 36.5 Å². The maximum atomic E-state index is 14.3. The first kappa shape index (κ1) is 30.4. The molecule has 37 heavy (non-hydrogen) atoms. The zero-order chi connectivity index (χ0) is 28.7. The number of alkyl halides is 13. The number of anilines is 1. The molecule has 19 heteroatoms. The molecule has 0 radical (unpaired) electrons. The van der Waals surface area contributed by atoms with Gasteiger partial charge in [0.2, 0.25) is 0 Å². The van der Waals surface area contributed by atoms with Gasteiger partial charge in [0.25, 0.3) is 5.91 Å². The second-order valence-corrected chi connectivity index (χ2v) is 7.08. The molecule has 0 fully saturated rings. The van der Waals surface area contributed by atoms with Crippen molar-refractivity contribution < 1.29 is 71.3 Å². The Labute approximate surface area is 201 Å². The van der Waals surface area contributed by atoms with E-state index in [4.69, 9.17) is 11.6 Å². The highest BCUT2D eigenvalue weighted by Gasteiger charge is 2.80. The van der Waals surface area contributed by atoms with Crippen LogP contribution in [0.3, 0.4) is 0 Å². The molecule has 2 aromatic rings. The van der Waals surface area contributed by atoms with E-state index in [1.165, 1.54) is 10.8 Å². The average molecular weight is 583 g/mol. The van der Waals surface area contributed by atoms with Gasteiger partial charge in [0.05, 0.1) is 5.56 Å². The highest BCUT2D eigenvalue weighted by Crippen LogP contribution is 2.54. The minimum Gasteiger partial charge on any atom is -0.322 e. The zero-order valence-electron chi connectivity index (χ0n) is 17.0. The van der Waals surface area contributed by atoms with Gasteiger partial charge in [0.1, 0.15) is 5.15 Å². The highest BCUT2D eigenvalue weighted by molar-refractivity contribution is 6.33. The molecule has 1 N–H and O–H groups in total. The fraction of sp³-hybridized carbons (Fsp3) is 0.333. The number of aromatic nitrogens is 1. The Morgan fingerprint density at radius 3 is 1.89 bits per heavy atom. The number of nitrogens with one attached hydrogen (secondary N) is 1. The number of nitrogens with zero attached hydrogens (tertiary/aromatic N) is 1. The largest absolute Gasteiger partial charge is 0.527 e. The van der Waals surface area contributed by atoms with Gasteiger partial charge >= 0.3 is 36.5 Å². The third-order valence-corrected chi connectivity index (χ3v) is 4.38. The van der Waals surface area contributed by atoms with Crippen molar-refractivity contribution in [2.24, 2.45) is 0 Å². The van der Waals surface area contributed by atoms with Crippen LogP contribution in [0, 0.1) is 0 Å². The van der Waals surface area contributed by atoms with Gasteiger partial charge in [-0.1, -0.05) is 23.7 Å². The molecule has 5 nitrogen and oxygen atoms in total. The van der Waals surface area contributed by atoms with Crippen LogP contribution in [0.15, 0.2) is 42.6 Å². The molecule has 1 amide bonds. The van der Waals surface area contributed by atoms with E-state index in [0.717, 1.165) is 18.3 Å². The molecule has 1 aromatic heterocycles. The summed E-state index contributed by atoms with van der Waals surface area (Å²) in [5.74, 6) is -14.7. The lowest BCUT2D eigenvalue weighted by molar-refractivity contribution is -0.535. The molecular weight excluding hydrogens is 575 g/mol. The number of hydrogen-bond acceptors (Lipinski definition) is 4. The number of pyridine rings is 1. The number of halogens is 14. The Morgan fingerprint density at radius 1 is 0.784 bits per heavy atom. The lowest BCUT2D eigenvalue weighted by Gasteiger charge is -2.35. The summed E-state index contributed by atoms with van der Waals surface area (Å²) >= 11 is 5.65.